The molecule has 0 amide bonds. The number of unbranched alkanes of at least 4 members (excludes halogenated alkanes) is 2. The van der Waals surface area contributed by atoms with Crippen LogP contribution < -0.4 is 9.47 Å². The molecule has 0 N–H and O–H groups in total. The van der Waals surface area contributed by atoms with E-state index in [1.54, 1.807) is 31.4 Å². The standard InChI is InChI=1S/C16H22O6/c1-3-4-5-10-21-15(17)11-20-12-16(18)22-14-8-6-13(19-2)7-9-14/h6-9H,3-5,10-12H2,1-2H3. The van der Waals surface area contributed by atoms with E-state index in [2.05, 4.69) is 6.92 Å². The number of esters is 2. The predicted octanol–water partition coefficient (Wildman–Crippen LogP) is 2.35. The Morgan fingerprint density at radius 2 is 1.59 bits per heavy atom. The maximum Gasteiger partial charge on any atom is 0.337 e. The second-order valence-electron chi connectivity index (χ2n) is 4.57. The molecule has 0 aliphatic carbocycles. The molecule has 1 rings (SSSR count). The Balaban J connectivity index is 2.15. The Morgan fingerprint density at radius 1 is 0.955 bits per heavy atom. The van der Waals surface area contributed by atoms with Gasteiger partial charge in [0.15, 0.2) is 0 Å². The minimum atomic E-state index is -0.580. The topological polar surface area (TPSA) is 71.1 Å². The summed E-state index contributed by atoms with van der Waals surface area (Å²) in [5.74, 6) is -0.00397. The van der Waals surface area contributed by atoms with Crippen LogP contribution >= 0.6 is 0 Å². The Morgan fingerprint density at radius 3 is 2.23 bits per heavy atom. The van der Waals surface area contributed by atoms with Gasteiger partial charge in [0.1, 0.15) is 24.7 Å². The van der Waals surface area contributed by atoms with Gasteiger partial charge in [0, 0.05) is 0 Å². The Kier molecular flexibility index (Phi) is 8.67. The summed E-state index contributed by atoms with van der Waals surface area (Å²) in [4.78, 5) is 22.8. The predicted molar refractivity (Wildman–Crippen MR) is 79.9 cm³/mol. The van der Waals surface area contributed by atoms with Gasteiger partial charge in [-0.05, 0) is 30.7 Å². The smallest absolute Gasteiger partial charge is 0.337 e. The monoisotopic (exact) mass is 310 g/mol. The number of carbonyl (C=O) groups excluding carboxylic acids is 2. The van der Waals surface area contributed by atoms with Crippen molar-refractivity contribution in [3.8, 4) is 11.5 Å². The molecule has 0 saturated heterocycles. The van der Waals surface area contributed by atoms with Crippen molar-refractivity contribution in [1.29, 1.82) is 0 Å². The molecule has 0 radical (unpaired) electrons. The SMILES string of the molecule is CCCCCOC(=O)COCC(=O)Oc1ccc(OC)cc1. The Bertz CT molecular complexity index is 454. The summed E-state index contributed by atoms with van der Waals surface area (Å²) in [6, 6.07) is 6.58. The van der Waals surface area contributed by atoms with E-state index in [4.69, 9.17) is 18.9 Å². The molecular formula is C16H22O6. The number of benzene rings is 1. The summed E-state index contributed by atoms with van der Waals surface area (Å²) in [6.07, 6.45) is 2.91. The van der Waals surface area contributed by atoms with E-state index in [0.29, 0.717) is 18.1 Å². The second kappa shape index (κ2) is 10.6. The molecule has 0 unspecified atom stereocenters. The first-order valence-corrected chi connectivity index (χ1v) is 7.23. The van der Waals surface area contributed by atoms with E-state index in [-0.39, 0.29) is 13.2 Å². The molecule has 0 spiro atoms. The maximum atomic E-state index is 11.5. The molecule has 0 aromatic heterocycles. The fraction of sp³-hybridized carbons (Fsp3) is 0.500. The van der Waals surface area contributed by atoms with Crippen molar-refractivity contribution >= 4 is 11.9 Å². The molecule has 0 aliphatic rings. The van der Waals surface area contributed by atoms with Gasteiger partial charge in [-0.15, -0.1) is 0 Å². The van der Waals surface area contributed by atoms with Crippen molar-refractivity contribution in [3.63, 3.8) is 0 Å². The number of carbonyl (C=O) groups is 2. The summed E-state index contributed by atoms with van der Waals surface area (Å²) in [7, 11) is 1.55. The van der Waals surface area contributed by atoms with Crippen LogP contribution in [-0.2, 0) is 19.1 Å². The first kappa shape index (κ1) is 18.0. The third-order valence-corrected chi connectivity index (χ3v) is 2.74. The molecule has 0 aliphatic heterocycles. The zero-order valence-electron chi connectivity index (χ0n) is 13.0. The Labute approximate surface area is 130 Å². The minimum Gasteiger partial charge on any atom is -0.497 e. The van der Waals surface area contributed by atoms with Crippen LogP contribution in [0.2, 0.25) is 0 Å². The first-order chi connectivity index (χ1) is 10.7. The lowest BCUT2D eigenvalue weighted by Crippen LogP contribution is -2.20. The number of rotatable bonds is 10. The Hall–Kier alpha value is -2.08. The lowest BCUT2D eigenvalue weighted by molar-refractivity contribution is -0.152. The van der Waals surface area contributed by atoms with Crippen LogP contribution in [0, 0.1) is 0 Å². The zero-order valence-corrected chi connectivity index (χ0v) is 13.0. The van der Waals surface area contributed by atoms with Gasteiger partial charge >= 0.3 is 11.9 Å². The van der Waals surface area contributed by atoms with Crippen LogP contribution in [0.5, 0.6) is 11.5 Å². The fourth-order valence-corrected chi connectivity index (χ4v) is 1.60. The summed E-state index contributed by atoms with van der Waals surface area (Å²) in [5, 5.41) is 0. The highest BCUT2D eigenvalue weighted by atomic mass is 16.6. The van der Waals surface area contributed by atoms with Crippen LogP contribution in [0.1, 0.15) is 26.2 Å². The van der Waals surface area contributed by atoms with Gasteiger partial charge in [-0.2, -0.15) is 0 Å². The molecule has 1 aromatic carbocycles. The summed E-state index contributed by atoms with van der Waals surface area (Å²) >= 11 is 0. The molecule has 0 atom stereocenters. The van der Waals surface area contributed by atoms with Crippen LogP contribution in [0.25, 0.3) is 0 Å². The fourth-order valence-electron chi connectivity index (χ4n) is 1.60. The van der Waals surface area contributed by atoms with Crippen LogP contribution in [0.15, 0.2) is 24.3 Å². The van der Waals surface area contributed by atoms with Gasteiger partial charge in [0.25, 0.3) is 0 Å². The first-order valence-electron chi connectivity index (χ1n) is 7.23. The lowest BCUT2D eigenvalue weighted by Gasteiger charge is -2.07. The van der Waals surface area contributed by atoms with Gasteiger partial charge in [-0.25, -0.2) is 9.59 Å². The van der Waals surface area contributed by atoms with E-state index in [1.807, 2.05) is 0 Å². The highest BCUT2D eigenvalue weighted by Gasteiger charge is 2.08. The number of hydrogen-bond donors (Lipinski definition) is 0. The van der Waals surface area contributed by atoms with Crippen LogP contribution in [0.3, 0.4) is 0 Å². The number of methoxy groups -OCH3 is 1. The summed E-state index contributed by atoms with van der Waals surface area (Å²) in [5.41, 5.74) is 0. The summed E-state index contributed by atoms with van der Waals surface area (Å²) in [6.45, 7) is 1.88. The van der Waals surface area contributed by atoms with Crippen molar-refractivity contribution in [2.45, 2.75) is 26.2 Å². The minimum absolute atomic E-state index is 0.260. The van der Waals surface area contributed by atoms with Crippen LogP contribution in [0.4, 0.5) is 0 Å². The normalized spacial score (nSPS) is 10.1. The van der Waals surface area contributed by atoms with Crippen molar-refractivity contribution in [2.24, 2.45) is 0 Å². The van der Waals surface area contributed by atoms with Crippen molar-refractivity contribution in [1.82, 2.24) is 0 Å². The quantitative estimate of drug-likeness (QED) is 0.375. The number of hydrogen-bond acceptors (Lipinski definition) is 6. The van der Waals surface area contributed by atoms with E-state index in [1.165, 1.54) is 0 Å². The molecule has 22 heavy (non-hydrogen) atoms. The summed E-state index contributed by atoms with van der Waals surface area (Å²) < 4.78 is 19.9. The molecular weight excluding hydrogens is 288 g/mol. The molecule has 0 bridgehead atoms. The third-order valence-electron chi connectivity index (χ3n) is 2.74. The van der Waals surface area contributed by atoms with Crippen LogP contribution in [-0.4, -0.2) is 38.9 Å². The van der Waals surface area contributed by atoms with E-state index >= 15 is 0 Å². The van der Waals surface area contributed by atoms with Crippen molar-refractivity contribution in [2.75, 3.05) is 26.9 Å². The van der Waals surface area contributed by atoms with E-state index < -0.39 is 11.9 Å². The zero-order chi connectivity index (χ0) is 16.2. The van der Waals surface area contributed by atoms with Gasteiger partial charge in [-0.3, -0.25) is 0 Å². The second-order valence-corrected chi connectivity index (χ2v) is 4.57. The van der Waals surface area contributed by atoms with Gasteiger partial charge in [-0.1, -0.05) is 19.8 Å². The average molecular weight is 310 g/mol. The van der Waals surface area contributed by atoms with E-state index in [9.17, 15) is 9.59 Å². The highest BCUT2D eigenvalue weighted by Crippen LogP contribution is 2.16. The maximum absolute atomic E-state index is 11.5. The van der Waals surface area contributed by atoms with Gasteiger partial charge in [0.05, 0.1) is 13.7 Å². The number of ether oxygens (including phenoxy) is 4. The highest BCUT2D eigenvalue weighted by molar-refractivity contribution is 5.75. The van der Waals surface area contributed by atoms with Gasteiger partial charge in [0.2, 0.25) is 0 Å². The van der Waals surface area contributed by atoms with Crippen molar-refractivity contribution < 1.29 is 28.5 Å². The molecule has 6 nitrogen and oxygen atoms in total. The average Bonchev–Trinajstić information content (AvgIpc) is 2.52. The van der Waals surface area contributed by atoms with Gasteiger partial charge < -0.3 is 18.9 Å². The molecule has 1 aromatic rings. The lowest BCUT2D eigenvalue weighted by atomic mass is 10.3. The molecule has 0 saturated carbocycles. The molecule has 0 fully saturated rings. The molecule has 6 heteroatoms. The third kappa shape index (κ3) is 7.64. The van der Waals surface area contributed by atoms with Crippen molar-refractivity contribution in [3.05, 3.63) is 24.3 Å². The molecule has 0 heterocycles. The largest absolute Gasteiger partial charge is 0.497 e. The van der Waals surface area contributed by atoms with E-state index in [0.717, 1.165) is 19.3 Å². The molecule has 122 valence electrons.